The standard InChI is InChI=1S/C5H5NO.H3N/c7-6-4-2-1-3-5-6;/h1-5H;1H3. The molecule has 0 aliphatic rings. The van der Waals surface area contributed by atoms with E-state index < -0.39 is 0 Å². The number of nitrogens with zero attached hydrogens (tertiary/aromatic N) is 1. The molecule has 0 aliphatic carbocycles. The summed E-state index contributed by atoms with van der Waals surface area (Å²) in [6.07, 6.45) is 2.89. The number of pyridine rings is 1. The number of hydrogen-bond donors (Lipinski definition) is 1. The summed E-state index contributed by atoms with van der Waals surface area (Å²) in [5.41, 5.74) is 0. The van der Waals surface area contributed by atoms with Gasteiger partial charge in [0.15, 0.2) is 12.4 Å². The van der Waals surface area contributed by atoms with Gasteiger partial charge in [-0.1, -0.05) is 6.07 Å². The van der Waals surface area contributed by atoms with Crippen molar-refractivity contribution in [3.8, 4) is 0 Å². The van der Waals surface area contributed by atoms with Gasteiger partial charge in [0.2, 0.25) is 0 Å². The molecule has 0 saturated carbocycles. The molecular weight excluding hydrogens is 104 g/mol. The molecule has 3 nitrogen and oxygen atoms in total. The molecule has 0 radical (unpaired) electrons. The zero-order chi connectivity index (χ0) is 5.11. The molecule has 0 saturated heterocycles. The first kappa shape index (κ1) is 6.91. The Labute approximate surface area is 47.7 Å². The molecule has 8 heavy (non-hydrogen) atoms. The highest BCUT2D eigenvalue weighted by atomic mass is 16.5. The Hall–Kier alpha value is -1.09. The summed E-state index contributed by atoms with van der Waals surface area (Å²) in [4.78, 5) is 0. The summed E-state index contributed by atoms with van der Waals surface area (Å²) in [5, 5.41) is 10.2. The summed E-state index contributed by atoms with van der Waals surface area (Å²) < 4.78 is 0.750. The maximum atomic E-state index is 10.2. The highest BCUT2D eigenvalue weighted by Crippen LogP contribution is 1.72. The predicted octanol–water partition coefficient (Wildman–Crippen LogP) is 0.482. The van der Waals surface area contributed by atoms with E-state index in [1.165, 1.54) is 12.4 Å². The van der Waals surface area contributed by atoms with E-state index in [1.807, 2.05) is 0 Å². The lowest BCUT2D eigenvalue weighted by Crippen LogP contribution is -2.22. The Morgan fingerprint density at radius 1 is 1.00 bits per heavy atom. The largest absolute Gasteiger partial charge is 0.619 e. The van der Waals surface area contributed by atoms with Crippen molar-refractivity contribution in [1.29, 1.82) is 0 Å². The van der Waals surface area contributed by atoms with Crippen LogP contribution in [0, 0.1) is 5.21 Å². The fourth-order valence-electron chi connectivity index (χ4n) is 0.383. The number of rotatable bonds is 0. The van der Waals surface area contributed by atoms with Gasteiger partial charge in [0, 0.05) is 12.1 Å². The van der Waals surface area contributed by atoms with Crippen LogP contribution < -0.4 is 10.9 Å². The van der Waals surface area contributed by atoms with Gasteiger partial charge in [-0.05, 0) is 0 Å². The third kappa shape index (κ3) is 1.57. The smallest absolute Gasteiger partial charge is 0.180 e. The van der Waals surface area contributed by atoms with Crippen molar-refractivity contribution in [1.82, 2.24) is 6.15 Å². The van der Waals surface area contributed by atoms with Crippen LogP contribution in [0.3, 0.4) is 0 Å². The van der Waals surface area contributed by atoms with E-state index in [1.54, 1.807) is 18.2 Å². The lowest BCUT2D eigenvalue weighted by atomic mass is 10.5. The van der Waals surface area contributed by atoms with Crippen LogP contribution in [0.2, 0.25) is 0 Å². The normalized spacial score (nSPS) is 7.50. The summed E-state index contributed by atoms with van der Waals surface area (Å²) in [7, 11) is 0. The Bertz CT molecular complexity index is 140. The Balaban J connectivity index is 0.000000490. The van der Waals surface area contributed by atoms with Crippen LogP contribution in [0.1, 0.15) is 0 Å². The molecule has 1 rings (SSSR count). The van der Waals surface area contributed by atoms with Gasteiger partial charge in [-0.3, -0.25) is 0 Å². The molecule has 0 unspecified atom stereocenters. The molecule has 0 atom stereocenters. The summed E-state index contributed by atoms with van der Waals surface area (Å²) in [6.45, 7) is 0. The highest BCUT2D eigenvalue weighted by Gasteiger charge is 1.74. The lowest BCUT2D eigenvalue weighted by Gasteiger charge is -1.88. The first-order chi connectivity index (χ1) is 3.39. The van der Waals surface area contributed by atoms with Crippen LogP contribution in [-0.2, 0) is 0 Å². The van der Waals surface area contributed by atoms with Crippen LogP contribution in [0.15, 0.2) is 30.6 Å². The highest BCUT2D eigenvalue weighted by molar-refractivity contribution is 4.83. The molecule has 1 aromatic heterocycles. The molecule has 44 valence electrons. The van der Waals surface area contributed by atoms with E-state index in [2.05, 4.69) is 0 Å². The Morgan fingerprint density at radius 3 is 1.75 bits per heavy atom. The van der Waals surface area contributed by atoms with Crippen molar-refractivity contribution in [3.05, 3.63) is 35.8 Å². The molecule has 1 aromatic rings. The minimum Gasteiger partial charge on any atom is -0.619 e. The third-order valence-electron chi connectivity index (χ3n) is 0.688. The molecule has 0 fully saturated rings. The van der Waals surface area contributed by atoms with Crippen LogP contribution in [0.4, 0.5) is 0 Å². The number of hydrogen-bond acceptors (Lipinski definition) is 2. The maximum absolute atomic E-state index is 10.2. The van der Waals surface area contributed by atoms with E-state index >= 15 is 0 Å². The minimum absolute atomic E-state index is 0. The summed E-state index contributed by atoms with van der Waals surface area (Å²) >= 11 is 0. The Morgan fingerprint density at radius 2 is 1.50 bits per heavy atom. The van der Waals surface area contributed by atoms with Gasteiger partial charge < -0.3 is 11.4 Å². The quantitative estimate of drug-likeness (QED) is 0.392. The second-order valence-corrected chi connectivity index (χ2v) is 1.24. The molecule has 0 aromatic carbocycles. The van der Waals surface area contributed by atoms with Crippen LogP contribution in [0.5, 0.6) is 0 Å². The first-order valence-electron chi connectivity index (χ1n) is 2.03. The third-order valence-corrected chi connectivity index (χ3v) is 0.688. The van der Waals surface area contributed by atoms with Gasteiger partial charge in [-0.15, -0.1) is 0 Å². The summed E-state index contributed by atoms with van der Waals surface area (Å²) in [5.74, 6) is 0. The molecule has 1 heterocycles. The first-order valence-corrected chi connectivity index (χ1v) is 2.03. The van der Waals surface area contributed by atoms with E-state index in [4.69, 9.17) is 0 Å². The van der Waals surface area contributed by atoms with Crippen LogP contribution in [0.25, 0.3) is 0 Å². The molecule has 0 bridgehead atoms. The molecule has 0 spiro atoms. The fraction of sp³-hybridized carbons (Fsp3) is 0. The van der Waals surface area contributed by atoms with Crippen LogP contribution in [-0.4, -0.2) is 0 Å². The van der Waals surface area contributed by atoms with Gasteiger partial charge in [-0.25, -0.2) is 0 Å². The van der Waals surface area contributed by atoms with Crippen LogP contribution >= 0.6 is 0 Å². The fourth-order valence-corrected chi connectivity index (χ4v) is 0.383. The van der Waals surface area contributed by atoms with Crippen molar-refractivity contribution in [2.75, 3.05) is 0 Å². The lowest BCUT2D eigenvalue weighted by molar-refractivity contribution is -0.605. The summed E-state index contributed by atoms with van der Waals surface area (Å²) in [6, 6.07) is 5.18. The zero-order valence-corrected chi connectivity index (χ0v) is 4.45. The maximum Gasteiger partial charge on any atom is 0.180 e. The molecule has 3 heteroatoms. The van der Waals surface area contributed by atoms with Crippen molar-refractivity contribution in [3.63, 3.8) is 0 Å². The van der Waals surface area contributed by atoms with Crippen molar-refractivity contribution >= 4 is 0 Å². The van der Waals surface area contributed by atoms with E-state index in [-0.39, 0.29) is 6.15 Å². The van der Waals surface area contributed by atoms with Crippen molar-refractivity contribution < 1.29 is 4.73 Å². The average molecular weight is 112 g/mol. The molecule has 0 amide bonds. The minimum atomic E-state index is 0. The van der Waals surface area contributed by atoms with Crippen molar-refractivity contribution in [2.45, 2.75) is 0 Å². The SMILES string of the molecule is N.[O-][n+]1ccccc1. The van der Waals surface area contributed by atoms with Gasteiger partial charge >= 0.3 is 0 Å². The van der Waals surface area contributed by atoms with Crippen molar-refractivity contribution in [2.24, 2.45) is 0 Å². The average Bonchev–Trinajstić information content (AvgIpc) is 1.69. The monoisotopic (exact) mass is 112 g/mol. The molecule has 0 aliphatic heterocycles. The topological polar surface area (TPSA) is 61.9 Å². The van der Waals surface area contributed by atoms with Gasteiger partial charge in [0.1, 0.15) is 0 Å². The van der Waals surface area contributed by atoms with Gasteiger partial charge in [-0.2, -0.15) is 4.73 Å². The van der Waals surface area contributed by atoms with E-state index in [0.717, 1.165) is 4.73 Å². The molecule has 3 N–H and O–H groups in total. The second-order valence-electron chi connectivity index (χ2n) is 1.24. The van der Waals surface area contributed by atoms with Gasteiger partial charge in [0.05, 0.1) is 0 Å². The zero-order valence-electron chi connectivity index (χ0n) is 4.45. The molecular formula is C5H8N2O. The van der Waals surface area contributed by atoms with E-state index in [0.29, 0.717) is 0 Å². The Kier molecular flexibility index (Phi) is 2.58. The number of aromatic nitrogens is 1. The predicted molar refractivity (Wildman–Crippen MR) is 30.4 cm³/mol. The van der Waals surface area contributed by atoms with E-state index in [9.17, 15) is 5.21 Å². The van der Waals surface area contributed by atoms with Gasteiger partial charge in [0.25, 0.3) is 0 Å². The second kappa shape index (κ2) is 2.98.